The van der Waals surface area contributed by atoms with Gasteiger partial charge < -0.3 is 15.2 Å². The number of carbonyl (C=O) groups is 1. The fourth-order valence-electron chi connectivity index (χ4n) is 2.38. The maximum absolute atomic E-state index is 11.6. The Bertz CT molecular complexity index is 230. The summed E-state index contributed by atoms with van der Waals surface area (Å²) in [6.45, 7) is 1.25. The number of nitrogens with two attached hydrogens (primary N) is 1. The van der Waals surface area contributed by atoms with E-state index < -0.39 is 0 Å². The number of rotatable bonds is 3. The van der Waals surface area contributed by atoms with Crippen molar-refractivity contribution in [2.75, 3.05) is 13.2 Å². The quantitative estimate of drug-likeness (QED) is 0.710. The van der Waals surface area contributed by atoms with Crippen LogP contribution in [0.15, 0.2) is 0 Å². The third kappa shape index (κ3) is 2.92. The normalized spacial score (nSPS) is 29.3. The van der Waals surface area contributed by atoms with Crippen LogP contribution in [0.4, 0.5) is 0 Å². The van der Waals surface area contributed by atoms with E-state index in [1.165, 1.54) is 0 Å². The molecule has 86 valence electrons. The molecule has 0 bridgehead atoms. The molecule has 0 amide bonds. The Balaban J connectivity index is 1.76. The lowest BCUT2D eigenvalue weighted by atomic mass is 9.95. The zero-order valence-corrected chi connectivity index (χ0v) is 9.04. The highest BCUT2D eigenvalue weighted by Crippen LogP contribution is 2.30. The SMILES string of the molecule is NC1(CC(=O)OC2CCOC2)CCCC1. The molecule has 4 heteroatoms. The first kappa shape index (κ1) is 10.9. The van der Waals surface area contributed by atoms with Crippen LogP contribution in [0.1, 0.15) is 38.5 Å². The van der Waals surface area contributed by atoms with Gasteiger partial charge in [-0.1, -0.05) is 12.8 Å². The van der Waals surface area contributed by atoms with Crippen molar-refractivity contribution < 1.29 is 14.3 Å². The summed E-state index contributed by atoms with van der Waals surface area (Å²) in [5, 5.41) is 0. The molecule has 15 heavy (non-hydrogen) atoms. The van der Waals surface area contributed by atoms with E-state index in [-0.39, 0.29) is 17.6 Å². The van der Waals surface area contributed by atoms with E-state index in [9.17, 15) is 4.79 Å². The van der Waals surface area contributed by atoms with Crippen molar-refractivity contribution in [3.05, 3.63) is 0 Å². The molecule has 1 saturated heterocycles. The Kier molecular flexibility index (Phi) is 3.26. The second kappa shape index (κ2) is 4.49. The zero-order chi connectivity index (χ0) is 10.7. The maximum Gasteiger partial charge on any atom is 0.308 e. The van der Waals surface area contributed by atoms with Gasteiger partial charge in [-0.05, 0) is 12.8 Å². The van der Waals surface area contributed by atoms with Crippen molar-refractivity contribution in [1.29, 1.82) is 0 Å². The van der Waals surface area contributed by atoms with Crippen LogP contribution in [0.2, 0.25) is 0 Å². The molecule has 1 heterocycles. The standard InChI is InChI=1S/C11H19NO3/c12-11(4-1-2-5-11)7-10(13)15-9-3-6-14-8-9/h9H,1-8,12H2. The molecule has 0 aromatic carbocycles. The molecule has 1 saturated carbocycles. The third-order valence-electron chi connectivity index (χ3n) is 3.28. The molecule has 1 aliphatic heterocycles. The number of carbonyl (C=O) groups excluding carboxylic acids is 1. The number of esters is 1. The maximum atomic E-state index is 11.6. The van der Waals surface area contributed by atoms with Gasteiger partial charge in [0.15, 0.2) is 0 Å². The van der Waals surface area contributed by atoms with E-state index in [0.29, 0.717) is 19.6 Å². The lowest BCUT2D eigenvalue weighted by Crippen LogP contribution is -2.39. The Labute approximate surface area is 90.1 Å². The predicted octanol–water partition coefficient (Wildman–Crippen LogP) is 0.980. The molecule has 0 radical (unpaired) electrons. The molecule has 1 aliphatic carbocycles. The fraction of sp³-hybridized carbons (Fsp3) is 0.909. The van der Waals surface area contributed by atoms with E-state index in [1.54, 1.807) is 0 Å². The Morgan fingerprint density at radius 3 is 2.80 bits per heavy atom. The number of hydrogen-bond donors (Lipinski definition) is 1. The van der Waals surface area contributed by atoms with Gasteiger partial charge in [0.2, 0.25) is 0 Å². The van der Waals surface area contributed by atoms with Crippen molar-refractivity contribution in [2.24, 2.45) is 5.73 Å². The minimum absolute atomic E-state index is 0.0393. The van der Waals surface area contributed by atoms with Gasteiger partial charge in [-0.15, -0.1) is 0 Å². The highest BCUT2D eigenvalue weighted by molar-refractivity contribution is 5.71. The molecule has 2 aliphatic rings. The topological polar surface area (TPSA) is 61.6 Å². The predicted molar refractivity (Wildman–Crippen MR) is 55.3 cm³/mol. The van der Waals surface area contributed by atoms with Crippen molar-refractivity contribution in [2.45, 2.75) is 50.2 Å². The van der Waals surface area contributed by atoms with Crippen LogP contribution in [0.3, 0.4) is 0 Å². The minimum Gasteiger partial charge on any atom is -0.460 e. The molecule has 2 rings (SSSR count). The second-order valence-corrected chi connectivity index (χ2v) is 4.72. The molecule has 0 spiro atoms. The molecule has 2 fully saturated rings. The smallest absolute Gasteiger partial charge is 0.308 e. The van der Waals surface area contributed by atoms with E-state index in [1.807, 2.05) is 0 Å². The molecular weight excluding hydrogens is 194 g/mol. The molecular formula is C11H19NO3. The van der Waals surface area contributed by atoms with Crippen LogP contribution in [-0.2, 0) is 14.3 Å². The average Bonchev–Trinajstić information content (AvgIpc) is 2.76. The highest BCUT2D eigenvalue weighted by Gasteiger charge is 2.33. The van der Waals surface area contributed by atoms with Crippen LogP contribution in [0.5, 0.6) is 0 Å². The largest absolute Gasteiger partial charge is 0.460 e. The monoisotopic (exact) mass is 213 g/mol. The van der Waals surface area contributed by atoms with Crippen molar-refractivity contribution in [3.63, 3.8) is 0 Å². The summed E-state index contributed by atoms with van der Waals surface area (Å²) in [5.74, 6) is -0.157. The van der Waals surface area contributed by atoms with Crippen LogP contribution in [-0.4, -0.2) is 30.8 Å². The summed E-state index contributed by atoms with van der Waals surface area (Å²) >= 11 is 0. The molecule has 4 nitrogen and oxygen atoms in total. The van der Waals surface area contributed by atoms with Gasteiger partial charge in [0, 0.05) is 12.0 Å². The Morgan fingerprint density at radius 1 is 1.47 bits per heavy atom. The molecule has 1 unspecified atom stereocenters. The first-order chi connectivity index (χ1) is 7.18. The molecule has 1 atom stereocenters. The Hall–Kier alpha value is -0.610. The molecule has 2 N–H and O–H groups in total. The van der Waals surface area contributed by atoms with E-state index in [2.05, 4.69) is 0 Å². The molecule has 0 aromatic heterocycles. The second-order valence-electron chi connectivity index (χ2n) is 4.72. The summed E-state index contributed by atoms with van der Waals surface area (Å²) in [5.41, 5.74) is 5.81. The minimum atomic E-state index is -0.295. The van der Waals surface area contributed by atoms with E-state index in [0.717, 1.165) is 32.1 Å². The third-order valence-corrected chi connectivity index (χ3v) is 3.28. The average molecular weight is 213 g/mol. The highest BCUT2D eigenvalue weighted by atomic mass is 16.6. The summed E-state index contributed by atoms with van der Waals surface area (Å²) < 4.78 is 10.4. The van der Waals surface area contributed by atoms with Gasteiger partial charge in [-0.3, -0.25) is 4.79 Å². The van der Waals surface area contributed by atoms with Crippen molar-refractivity contribution in [3.8, 4) is 0 Å². The van der Waals surface area contributed by atoms with Gasteiger partial charge in [-0.2, -0.15) is 0 Å². The Morgan fingerprint density at radius 2 is 2.20 bits per heavy atom. The van der Waals surface area contributed by atoms with Gasteiger partial charge in [-0.25, -0.2) is 0 Å². The van der Waals surface area contributed by atoms with Gasteiger partial charge in [0.25, 0.3) is 0 Å². The van der Waals surface area contributed by atoms with Crippen LogP contribution in [0, 0.1) is 0 Å². The van der Waals surface area contributed by atoms with Crippen molar-refractivity contribution in [1.82, 2.24) is 0 Å². The number of ether oxygens (including phenoxy) is 2. The summed E-state index contributed by atoms with van der Waals surface area (Å²) in [7, 11) is 0. The summed E-state index contributed by atoms with van der Waals surface area (Å²) in [6, 6.07) is 0. The van der Waals surface area contributed by atoms with E-state index >= 15 is 0 Å². The lowest BCUT2D eigenvalue weighted by Gasteiger charge is -2.22. The van der Waals surface area contributed by atoms with Gasteiger partial charge in [0.05, 0.1) is 19.6 Å². The zero-order valence-electron chi connectivity index (χ0n) is 9.04. The fourth-order valence-corrected chi connectivity index (χ4v) is 2.38. The van der Waals surface area contributed by atoms with Crippen LogP contribution >= 0.6 is 0 Å². The lowest BCUT2D eigenvalue weighted by molar-refractivity contribution is -0.150. The van der Waals surface area contributed by atoms with Crippen molar-refractivity contribution >= 4 is 5.97 Å². The van der Waals surface area contributed by atoms with Gasteiger partial charge in [0.1, 0.15) is 6.10 Å². The van der Waals surface area contributed by atoms with Crippen LogP contribution in [0.25, 0.3) is 0 Å². The number of hydrogen-bond acceptors (Lipinski definition) is 4. The first-order valence-corrected chi connectivity index (χ1v) is 5.74. The summed E-state index contributed by atoms with van der Waals surface area (Å²) in [4.78, 5) is 11.6. The summed E-state index contributed by atoms with van der Waals surface area (Å²) in [6.07, 6.45) is 5.31. The first-order valence-electron chi connectivity index (χ1n) is 5.74. The van der Waals surface area contributed by atoms with Crippen LogP contribution < -0.4 is 5.73 Å². The molecule has 0 aromatic rings. The van der Waals surface area contributed by atoms with Gasteiger partial charge >= 0.3 is 5.97 Å². The van der Waals surface area contributed by atoms with E-state index in [4.69, 9.17) is 15.2 Å².